The van der Waals surface area contributed by atoms with Crippen molar-refractivity contribution in [2.24, 2.45) is 23.2 Å². The molecule has 4 aliphatic carbocycles. The summed E-state index contributed by atoms with van der Waals surface area (Å²) in [5.41, 5.74) is 3.08. The lowest BCUT2D eigenvalue weighted by molar-refractivity contribution is -0.127. The molecule has 4 fully saturated rings. The summed E-state index contributed by atoms with van der Waals surface area (Å²) in [6, 6.07) is 14.3. The van der Waals surface area contributed by atoms with Gasteiger partial charge in [-0.05, 0) is 127 Å². The lowest BCUT2D eigenvalue weighted by atomic mass is 9.49. The molecule has 0 aliphatic heterocycles. The minimum Gasteiger partial charge on any atom is -0.332 e. The molecule has 4 aliphatic rings. The number of anilines is 1. The Bertz CT molecular complexity index is 1190. The van der Waals surface area contributed by atoms with Gasteiger partial charge in [0.15, 0.2) is 5.11 Å². The highest BCUT2D eigenvalue weighted by Crippen LogP contribution is 2.61. The molecule has 1 aromatic heterocycles. The van der Waals surface area contributed by atoms with Gasteiger partial charge in [0, 0.05) is 15.6 Å². The summed E-state index contributed by atoms with van der Waals surface area (Å²) in [5.74, 6) is 2.59. The van der Waals surface area contributed by atoms with Gasteiger partial charge in [0.25, 0.3) is 0 Å². The number of rotatable bonds is 4. The molecule has 2 aromatic carbocycles. The monoisotopic (exact) mass is 587 g/mol. The van der Waals surface area contributed by atoms with E-state index in [0.717, 1.165) is 47.8 Å². The summed E-state index contributed by atoms with van der Waals surface area (Å²) in [6.45, 7) is 0. The van der Waals surface area contributed by atoms with Crippen molar-refractivity contribution in [1.82, 2.24) is 10.3 Å². The van der Waals surface area contributed by atoms with Crippen molar-refractivity contribution < 1.29 is 4.79 Å². The fourth-order valence-corrected chi connectivity index (χ4v) is 8.67. The minimum atomic E-state index is 0.0569. The standard InChI is InChI=1S/C26H26IN3OS2/c27-18-5-6-20(19(10-18)24-28-21-3-1-2-4-22(21)33-24)29-25(32)30-23(31)14-26-11-15-7-16(12-26)9-17(8-15)13-26/h1-6,10,15-17H,7-9,11-14H2,(H2,29,30,31,32). The molecule has 0 radical (unpaired) electrons. The zero-order chi connectivity index (χ0) is 22.6. The molecule has 1 heterocycles. The van der Waals surface area contributed by atoms with Gasteiger partial charge in [0.05, 0.1) is 15.9 Å². The molecule has 0 spiro atoms. The molecular weight excluding hydrogens is 561 g/mol. The van der Waals surface area contributed by atoms with Crippen LogP contribution in [0, 0.1) is 26.7 Å². The normalized spacial score (nSPS) is 27.6. The summed E-state index contributed by atoms with van der Waals surface area (Å²) in [7, 11) is 0. The van der Waals surface area contributed by atoms with Crippen LogP contribution in [0.15, 0.2) is 42.5 Å². The maximum Gasteiger partial charge on any atom is 0.226 e. The summed E-state index contributed by atoms with van der Waals surface area (Å²) >= 11 is 9.55. The molecular formula is C26H26IN3OS2. The van der Waals surface area contributed by atoms with Crippen LogP contribution in [0.2, 0.25) is 0 Å². The van der Waals surface area contributed by atoms with Crippen molar-refractivity contribution in [2.75, 3.05) is 5.32 Å². The molecule has 2 N–H and O–H groups in total. The minimum absolute atomic E-state index is 0.0569. The van der Waals surface area contributed by atoms with Crippen molar-refractivity contribution in [3.05, 3.63) is 46.0 Å². The van der Waals surface area contributed by atoms with Gasteiger partial charge in [0.1, 0.15) is 5.01 Å². The number of para-hydroxylation sites is 1. The molecule has 0 atom stereocenters. The number of hydrogen-bond donors (Lipinski definition) is 2. The van der Waals surface area contributed by atoms with Gasteiger partial charge in [-0.15, -0.1) is 11.3 Å². The Morgan fingerprint density at radius 2 is 1.79 bits per heavy atom. The number of benzene rings is 2. The first-order valence-electron chi connectivity index (χ1n) is 11.7. The van der Waals surface area contributed by atoms with E-state index in [1.54, 1.807) is 11.3 Å². The third kappa shape index (κ3) is 4.44. The van der Waals surface area contributed by atoms with Gasteiger partial charge in [-0.1, -0.05) is 12.1 Å². The van der Waals surface area contributed by atoms with Crippen molar-refractivity contribution in [2.45, 2.75) is 44.9 Å². The Morgan fingerprint density at radius 1 is 1.09 bits per heavy atom. The number of thiocarbonyl (C=S) groups is 1. The maximum atomic E-state index is 13.0. The molecule has 0 unspecified atom stereocenters. The van der Waals surface area contributed by atoms with Gasteiger partial charge in [-0.3, -0.25) is 4.79 Å². The number of nitrogens with one attached hydrogen (secondary N) is 2. The fourth-order valence-electron chi connectivity index (χ4n) is 6.96. The summed E-state index contributed by atoms with van der Waals surface area (Å²) in [4.78, 5) is 17.8. The van der Waals surface area contributed by atoms with E-state index in [-0.39, 0.29) is 11.3 Å². The second-order valence-electron chi connectivity index (χ2n) is 10.3. The molecule has 1 amide bonds. The van der Waals surface area contributed by atoms with E-state index in [0.29, 0.717) is 11.5 Å². The second-order valence-corrected chi connectivity index (χ2v) is 13.0. The first-order valence-corrected chi connectivity index (χ1v) is 14.0. The molecule has 4 saturated carbocycles. The van der Waals surface area contributed by atoms with Crippen LogP contribution >= 0.6 is 46.1 Å². The van der Waals surface area contributed by atoms with E-state index in [4.69, 9.17) is 17.2 Å². The predicted octanol–water partition coefficient (Wildman–Crippen LogP) is 6.99. The van der Waals surface area contributed by atoms with Crippen LogP contribution in [0.4, 0.5) is 5.69 Å². The Kier molecular flexibility index (Phi) is 5.69. The summed E-state index contributed by atoms with van der Waals surface area (Å²) < 4.78 is 2.29. The molecule has 0 saturated heterocycles. The Labute approximate surface area is 217 Å². The number of nitrogens with zero attached hydrogens (tertiary/aromatic N) is 1. The number of hydrogen-bond acceptors (Lipinski definition) is 4. The van der Waals surface area contributed by atoms with Crippen LogP contribution in [-0.2, 0) is 4.79 Å². The van der Waals surface area contributed by atoms with Gasteiger partial charge in [-0.25, -0.2) is 4.98 Å². The van der Waals surface area contributed by atoms with Crippen molar-refractivity contribution in [3.63, 3.8) is 0 Å². The average Bonchev–Trinajstić information content (AvgIpc) is 3.17. The highest BCUT2D eigenvalue weighted by molar-refractivity contribution is 14.1. The summed E-state index contributed by atoms with van der Waals surface area (Å²) in [6.07, 6.45) is 8.46. The number of carbonyl (C=O) groups excluding carboxylic acids is 1. The van der Waals surface area contributed by atoms with Crippen LogP contribution in [-0.4, -0.2) is 16.0 Å². The van der Waals surface area contributed by atoms with E-state index in [1.807, 2.05) is 30.3 Å². The topological polar surface area (TPSA) is 54.0 Å². The van der Waals surface area contributed by atoms with Crippen molar-refractivity contribution in [3.8, 4) is 10.6 Å². The van der Waals surface area contributed by atoms with Crippen LogP contribution < -0.4 is 10.6 Å². The number of amides is 1. The molecule has 4 nitrogen and oxygen atoms in total. The third-order valence-electron chi connectivity index (χ3n) is 7.71. The second kappa shape index (κ2) is 8.57. The van der Waals surface area contributed by atoms with E-state index >= 15 is 0 Å². The fraction of sp³-hybridized carbons (Fsp3) is 0.423. The number of thiazole rings is 1. The molecule has 33 heavy (non-hydrogen) atoms. The van der Waals surface area contributed by atoms with Gasteiger partial charge in [-0.2, -0.15) is 0 Å². The zero-order valence-electron chi connectivity index (χ0n) is 18.3. The molecule has 7 heteroatoms. The van der Waals surface area contributed by atoms with Crippen molar-refractivity contribution >= 4 is 73.1 Å². The predicted molar refractivity (Wildman–Crippen MR) is 147 cm³/mol. The van der Waals surface area contributed by atoms with Crippen molar-refractivity contribution in [1.29, 1.82) is 0 Å². The SMILES string of the molecule is O=C(CC12CC3CC(CC(C3)C1)C2)NC(=S)Nc1ccc(I)cc1-c1nc2ccccc2s1. The molecule has 7 rings (SSSR count). The maximum absolute atomic E-state index is 13.0. The number of aromatic nitrogens is 1. The Balaban J connectivity index is 1.16. The molecule has 3 aromatic rings. The smallest absolute Gasteiger partial charge is 0.226 e. The van der Waals surface area contributed by atoms with E-state index in [2.05, 4.69) is 45.4 Å². The van der Waals surface area contributed by atoms with E-state index < -0.39 is 0 Å². The Hall–Kier alpha value is -1.58. The Morgan fingerprint density at radius 3 is 2.48 bits per heavy atom. The van der Waals surface area contributed by atoms with E-state index in [1.165, 1.54) is 38.5 Å². The first kappa shape index (κ1) is 21.9. The highest BCUT2D eigenvalue weighted by Gasteiger charge is 2.51. The number of fused-ring (bicyclic) bond motifs is 1. The van der Waals surface area contributed by atoms with Crippen LogP contribution in [0.1, 0.15) is 44.9 Å². The third-order valence-corrected chi connectivity index (χ3v) is 9.65. The molecule has 4 bridgehead atoms. The quantitative estimate of drug-likeness (QED) is 0.255. The van der Waals surface area contributed by atoms with Gasteiger partial charge >= 0.3 is 0 Å². The largest absolute Gasteiger partial charge is 0.332 e. The van der Waals surface area contributed by atoms with Crippen LogP contribution in [0.5, 0.6) is 0 Å². The first-order chi connectivity index (χ1) is 15.9. The lowest BCUT2D eigenvalue weighted by Gasteiger charge is -2.56. The van der Waals surface area contributed by atoms with E-state index in [9.17, 15) is 4.79 Å². The van der Waals surface area contributed by atoms with Crippen LogP contribution in [0.25, 0.3) is 20.8 Å². The highest BCUT2D eigenvalue weighted by atomic mass is 127. The lowest BCUT2D eigenvalue weighted by Crippen LogP contribution is -2.48. The zero-order valence-corrected chi connectivity index (χ0v) is 22.1. The molecule has 170 valence electrons. The number of halogens is 1. The van der Waals surface area contributed by atoms with Gasteiger partial charge in [0.2, 0.25) is 5.91 Å². The summed E-state index contributed by atoms with van der Waals surface area (Å²) in [5, 5.41) is 7.58. The number of carbonyl (C=O) groups is 1. The van der Waals surface area contributed by atoms with Crippen LogP contribution in [0.3, 0.4) is 0 Å². The van der Waals surface area contributed by atoms with Gasteiger partial charge < -0.3 is 10.6 Å². The average molecular weight is 588 g/mol.